The van der Waals surface area contributed by atoms with Gasteiger partial charge in [0.2, 0.25) is 0 Å². The molecule has 1 unspecified atom stereocenters. The molecule has 0 aliphatic heterocycles. The van der Waals surface area contributed by atoms with E-state index < -0.39 is 9.84 Å². The number of sulfone groups is 1. The summed E-state index contributed by atoms with van der Waals surface area (Å²) in [5.74, 6) is 0.181. The van der Waals surface area contributed by atoms with Gasteiger partial charge in [-0.2, -0.15) is 0 Å². The van der Waals surface area contributed by atoms with Crippen molar-refractivity contribution in [2.75, 3.05) is 18.6 Å². The van der Waals surface area contributed by atoms with Crippen molar-refractivity contribution in [2.24, 2.45) is 0 Å². The zero-order valence-electron chi connectivity index (χ0n) is 7.92. The Balaban J connectivity index is 3.75. The van der Waals surface area contributed by atoms with Gasteiger partial charge in [-0.1, -0.05) is 12.2 Å². The van der Waals surface area contributed by atoms with E-state index in [-0.39, 0.29) is 11.8 Å². The van der Waals surface area contributed by atoms with Gasteiger partial charge in [0.15, 0.2) is 0 Å². The van der Waals surface area contributed by atoms with Crippen molar-refractivity contribution in [1.82, 2.24) is 5.32 Å². The SMILES string of the molecule is C=C(C)CNC(C)CS(C)(=O)=O. The topological polar surface area (TPSA) is 46.2 Å². The van der Waals surface area contributed by atoms with Crippen molar-refractivity contribution < 1.29 is 8.42 Å². The number of rotatable bonds is 5. The fourth-order valence-corrected chi connectivity index (χ4v) is 1.89. The van der Waals surface area contributed by atoms with Gasteiger partial charge in [0, 0.05) is 18.8 Å². The zero-order valence-corrected chi connectivity index (χ0v) is 8.74. The first-order valence-electron chi connectivity index (χ1n) is 3.87. The Morgan fingerprint density at radius 2 is 2.08 bits per heavy atom. The van der Waals surface area contributed by atoms with Crippen LogP contribution in [0.4, 0.5) is 0 Å². The highest BCUT2D eigenvalue weighted by Gasteiger charge is 2.08. The fraction of sp³-hybridized carbons (Fsp3) is 0.750. The lowest BCUT2D eigenvalue weighted by Crippen LogP contribution is -2.33. The Morgan fingerprint density at radius 1 is 1.58 bits per heavy atom. The number of nitrogens with one attached hydrogen (secondary N) is 1. The lowest BCUT2D eigenvalue weighted by molar-refractivity contribution is 0.574. The van der Waals surface area contributed by atoms with Gasteiger partial charge in [0.05, 0.1) is 5.75 Å². The summed E-state index contributed by atoms with van der Waals surface area (Å²) in [6.07, 6.45) is 1.24. The van der Waals surface area contributed by atoms with E-state index >= 15 is 0 Å². The van der Waals surface area contributed by atoms with Crippen LogP contribution in [0.25, 0.3) is 0 Å². The summed E-state index contributed by atoms with van der Waals surface area (Å²) < 4.78 is 21.6. The maximum Gasteiger partial charge on any atom is 0.148 e. The standard InChI is InChI=1S/C8H17NO2S/c1-7(2)5-9-8(3)6-12(4,10)11/h8-9H,1,5-6H2,2-4H3. The molecule has 0 rings (SSSR count). The molecule has 0 saturated heterocycles. The van der Waals surface area contributed by atoms with Gasteiger partial charge in [-0.05, 0) is 13.8 Å². The van der Waals surface area contributed by atoms with Crippen molar-refractivity contribution in [1.29, 1.82) is 0 Å². The minimum absolute atomic E-state index is 0.00306. The third kappa shape index (κ3) is 7.75. The van der Waals surface area contributed by atoms with Crippen LogP contribution in [0, 0.1) is 0 Å². The Bertz CT molecular complexity index is 244. The average molecular weight is 191 g/mol. The molecule has 0 aromatic heterocycles. The van der Waals surface area contributed by atoms with Crippen LogP contribution in [0.3, 0.4) is 0 Å². The average Bonchev–Trinajstić information content (AvgIpc) is 1.79. The maximum atomic E-state index is 10.8. The summed E-state index contributed by atoms with van der Waals surface area (Å²) in [4.78, 5) is 0. The molecule has 0 saturated carbocycles. The van der Waals surface area contributed by atoms with Gasteiger partial charge < -0.3 is 5.32 Å². The highest BCUT2D eigenvalue weighted by molar-refractivity contribution is 7.90. The molecular weight excluding hydrogens is 174 g/mol. The molecule has 0 fully saturated rings. The van der Waals surface area contributed by atoms with Crippen molar-refractivity contribution in [3.8, 4) is 0 Å². The lowest BCUT2D eigenvalue weighted by atomic mass is 10.3. The monoisotopic (exact) mass is 191 g/mol. The smallest absolute Gasteiger partial charge is 0.148 e. The van der Waals surface area contributed by atoms with E-state index in [2.05, 4.69) is 11.9 Å². The Hall–Kier alpha value is -0.350. The molecular formula is C8H17NO2S. The molecule has 0 aromatic rings. The van der Waals surface area contributed by atoms with Gasteiger partial charge in [0.25, 0.3) is 0 Å². The minimum Gasteiger partial charge on any atom is -0.310 e. The molecule has 4 heteroatoms. The molecule has 72 valence electrons. The largest absolute Gasteiger partial charge is 0.310 e. The van der Waals surface area contributed by atoms with Gasteiger partial charge >= 0.3 is 0 Å². The Morgan fingerprint density at radius 3 is 2.42 bits per heavy atom. The third-order valence-corrected chi connectivity index (χ3v) is 2.41. The van der Waals surface area contributed by atoms with Crippen molar-refractivity contribution in [2.45, 2.75) is 19.9 Å². The highest BCUT2D eigenvalue weighted by Crippen LogP contribution is 1.91. The van der Waals surface area contributed by atoms with Gasteiger partial charge in [-0.3, -0.25) is 0 Å². The van der Waals surface area contributed by atoms with E-state index in [4.69, 9.17) is 0 Å². The maximum absolute atomic E-state index is 10.8. The van der Waals surface area contributed by atoms with Gasteiger partial charge in [-0.25, -0.2) is 8.42 Å². The predicted octanol–water partition coefficient (Wildman–Crippen LogP) is 0.585. The lowest BCUT2D eigenvalue weighted by Gasteiger charge is -2.11. The second-order valence-electron chi connectivity index (χ2n) is 3.33. The van der Waals surface area contributed by atoms with E-state index in [1.165, 1.54) is 6.26 Å². The molecule has 0 aromatic carbocycles. The molecule has 3 nitrogen and oxygen atoms in total. The molecule has 0 heterocycles. The predicted molar refractivity (Wildman–Crippen MR) is 52.0 cm³/mol. The second-order valence-corrected chi connectivity index (χ2v) is 5.52. The minimum atomic E-state index is -2.86. The molecule has 1 N–H and O–H groups in total. The summed E-state index contributed by atoms with van der Waals surface area (Å²) in [5, 5.41) is 3.06. The van der Waals surface area contributed by atoms with Crippen LogP contribution < -0.4 is 5.32 Å². The molecule has 1 atom stereocenters. The quantitative estimate of drug-likeness (QED) is 0.647. The summed E-state index contributed by atoms with van der Waals surface area (Å²) in [6, 6.07) is -0.00306. The molecule has 0 bridgehead atoms. The molecule has 0 aliphatic rings. The van der Waals surface area contributed by atoms with E-state index in [1.807, 2.05) is 13.8 Å². The van der Waals surface area contributed by atoms with Crippen LogP contribution in [-0.2, 0) is 9.84 Å². The van der Waals surface area contributed by atoms with Crippen LogP contribution in [0.5, 0.6) is 0 Å². The first-order valence-corrected chi connectivity index (χ1v) is 5.93. The van der Waals surface area contributed by atoms with Crippen molar-refractivity contribution >= 4 is 9.84 Å². The van der Waals surface area contributed by atoms with Crippen molar-refractivity contribution in [3.05, 3.63) is 12.2 Å². The van der Waals surface area contributed by atoms with Crippen LogP contribution in [0.15, 0.2) is 12.2 Å². The normalized spacial score (nSPS) is 14.2. The highest BCUT2D eigenvalue weighted by atomic mass is 32.2. The van der Waals surface area contributed by atoms with Crippen LogP contribution in [-0.4, -0.2) is 33.0 Å². The Kier molecular flexibility index (Phi) is 4.49. The van der Waals surface area contributed by atoms with E-state index in [0.29, 0.717) is 6.54 Å². The van der Waals surface area contributed by atoms with Crippen LogP contribution >= 0.6 is 0 Å². The number of hydrogen-bond acceptors (Lipinski definition) is 3. The van der Waals surface area contributed by atoms with E-state index in [9.17, 15) is 8.42 Å². The molecule has 0 radical (unpaired) electrons. The van der Waals surface area contributed by atoms with Crippen LogP contribution in [0.2, 0.25) is 0 Å². The summed E-state index contributed by atoms with van der Waals surface area (Å²) in [6.45, 7) is 8.14. The molecule has 0 spiro atoms. The second kappa shape index (κ2) is 4.62. The molecule has 12 heavy (non-hydrogen) atoms. The zero-order chi connectivity index (χ0) is 9.78. The van der Waals surface area contributed by atoms with E-state index in [0.717, 1.165) is 5.57 Å². The summed E-state index contributed by atoms with van der Waals surface area (Å²) in [7, 11) is -2.86. The summed E-state index contributed by atoms with van der Waals surface area (Å²) in [5.41, 5.74) is 1.01. The summed E-state index contributed by atoms with van der Waals surface area (Å²) >= 11 is 0. The fourth-order valence-electron chi connectivity index (χ4n) is 0.862. The Labute approximate surface area is 74.8 Å². The number of hydrogen-bond donors (Lipinski definition) is 1. The third-order valence-electron chi connectivity index (χ3n) is 1.31. The van der Waals surface area contributed by atoms with E-state index in [1.54, 1.807) is 0 Å². The molecule has 0 aliphatic carbocycles. The molecule has 0 amide bonds. The van der Waals surface area contributed by atoms with Crippen LogP contribution in [0.1, 0.15) is 13.8 Å². The first-order chi connectivity index (χ1) is 5.31. The van der Waals surface area contributed by atoms with Gasteiger partial charge in [-0.15, -0.1) is 0 Å². The van der Waals surface area contributed by atoms with Crippen molar-refractivity contribution in [3.63, 3.8) is 0 Å². The van der Waals surface area contributed by atoms with Gasteiger partial charge in [0.1, 0.15) is 9.84 Å². The first kappa shape index (κ1) is 11.6.